The molecule has 0 bridgehead atoms. The van der Waals surface area contributed by atoms with Gasteiger partial charge in [0.05, 0.1) is 21.7 Å². The second kappa shape index (κ2) is 9.66. The molecule has 2 atom stereocenters. The number of halogens is 6. The van der Waals surface area contributed by atoms with Crippen molar-refractivity contribution >= 4 is 15.9 Å². The van der Waals surface area contributed by atoms with Gasteiger partial charge in [0.1, 0.15) is 0 Å². The van der Waals surface area contributed by atoms with Gasteiger partial charge >= 0.3 is 12.4 Å². The number of piperazine rings is 1. The van der Waals surface area contributed by atoms with Crippen LogP contribution < -0.4 is 0 Å². The zero-order valence-corrected chi connectivity index (χ0v) is 20.9. The molecular weight excluding hydrogens is 550 g/mol. The minimum absolute atomic E-state index is 0.0118. The Morgan fingerprint density at radius 3 is 2.08 bits per heavy atom. The Bertz CT molecular complexity index is 1460. The van der Waals surface area contributed by atoms with Gasteiger partial charge < -0.3 is 4.90 Å². The predicted octanol–water partition coefficient (Wildman–Crippen LogP) is 4.75. The largest absolute Gasteiger partial charge is 0.416 e. The van der Waals surface area contributed by atoms with Gasteiger partial charge in [-0.05, 0) is 54.3 Å². The van der Waals surface area contributed by atoms with Crippen molar-refractivity contribution in [3.05, 3.63) is 71.4 Å². The number of aromatic amines is 1. The van der Waals surface area contributed by atoms with Crippen LogP contribution in [0.5, 0.6) is 0 Å². The number of hydrogen-bond donors (Lipinski definition) is 1. The highest BCUT2D eigenvalue weighted by Gasteiger charge is 2.47. The Morgan fingerprint density at radius 1 is 0.872 bits per heavy atom. The van der Waals surface area contributed by atoms with Crippen molar-refractivity contribution in [2.75, 3.05) is 26.2 Å². The minimum Gasteiger partial charge on any atom is -0.340 e. The smallest absolute Gasteiger partial charge is 0.340 e. The lowest BCUT2D eigenvalue weighted by atomic mass is 10.1. The Morgan fingerprint density at radius 2 is 1.51 bits per heavy atom. The second-order valence-corrected chi connectivity index (χ2v) is 11.4. The number of benzene rings is 2. The van der Waals surface area contributed by atoms with Crippen LogP contribution >= 0.6 is 0 Å². The van der Waals surface area contributed by atoms with Gasteiger partial charge in [-0.1, -0.05) is 12.1 Å². The first kappa shape index (κ1) is 27.2. The third-order valence-electron chi connectivity index (χ3n) is 7.01. The summed E-state index contributed by atoms with van der Waals surface area (Å²) in [7, 11) is -4.31. The number of carbonyl (C=O) groups excluding carboxylic acids is 1. The monoisotopic (exact) mass is 572 g/mol. The topological polar surface area (TPSA) is 86.4 Å². The quantitative estimate of drug-likeness (QED) is 0.448. The molecule has 2 aliphatic rings. The molecule has 2 aromatic carbocycles. The lowest BCUT2D eigenvalue weighted by molar-refractivity contribution is -0.138. The summed E-state index contributed by atoms with van der Waals surface area (Å²) in [5.74, 6) is -0.851. The Hall–Kier alpha value is -3.39. The standard InChI is InChI=1S/C25H22F6N4O3S/c26-24(27,28)17-3-1-15(2-4-17)20-14-21(20)23(36)34-7-9-35(10-8-34)39(37,38)19-12-16(22-5-6-32-33-22)11-18(13-19)25(29,30)31/h1-6,11-13,20-21H,7-10,14H2,(H,32,33)/t20-,21+/m0/s1. The summed E-state index contributed by atoms with van der Waals surface area (Å²) >= 11 is 0. The molecule has 1 saturated heterocycles. The summed E-state index contributed by atoms with van der Waals surface area (Å²) in [4.78, 5) is 13.9. The first-order valence-electron chi connectivity index (χ1n) is 11.9. The molecule has 1 amide bonds. The van der Waals surface area contributed by atoms with E-state index in [0.29, 0.717) is 18.1 Å². The van der Waals surface area contributed by atoms with Crippen molar-refractivity contribution in [2.45, 2.75) is 29.6 Å². The van der Waals surface area contributed by atoms with E-state index in [1.54, 1.807) is 0 Å². The van der Waals surface area contributed by atoms with Gasteiger partial charge in [-0.3, -0.25) is 9.89 Å². The first-order valence-corrected chi connectivity index (χ1v) is 13.4. The molecule has 3 aromatic rings. The van der Waals surface area contributed by atoms with E-state index in [-0.39, 0.29) is 49.3 Å². The molecule has 39 heavy (non-hydrogen) atoms. The molecule has 5 rings (SSSR count). The minimum atomic E-state index is -4.78. The Kier molecular flexibility index (Phi) is 6.74. The Balaban J connectivity index is 1.26. The number of sulfonamides is 1. The molecule has 0 unspecified atom stereocenters. The number of carbonyl (C=O) groups is 1. The lowest BCUT2D eigenvalue weighted by Crippen LogP contribution is -2.51. The summed E-state index contributed by atoms with van der Waals surface area (Å²) in [6, 6.07) is 8.67. The van der Waals surface area contributed by atoms with Crippen LogP contribution in [0.15, 0.2) is 59.6 Å². The van der Waals surface area contributed by atoms with Crippen molar-refractivity contribution < 1.29 is 39.6 Å². The fraction of sp³-hybridized carbons (Fsp3) is 0.360. The van der Waals surface area contributed by atoms with Crippen LogP contribution in [0.3, 0.4) is 0 Å². The molecule has 1 aromatic heterocycles. The van der Waals surface area contributed by atoms with Gasteiger partial charge in [-0.15, -0.1) is 0 Å². The Labute approximate surface area is 219 Å². The van der Waals surface area contributed by atoms with Crippen molar-refractivity contribution in [1.29, 1.82) is 0 Å². The third-order valence-corrected chi connectivity index (χ3v) is 8.88. The highest BCUT2D eigenvalue weighted by atomic mass is 32.2. The average Bonchev–Trinajstić information content (AvgIpc) is 3.50. The summed E-state index contributed by atoms with van der Waals surface area (Å²) in [5.41, 5.74) is -1.03. The van der Waals surface area contributed by atoms with Gasteiger partial charge in [0.15, 0.2) is 0 Å². The molecular formula is C25H22F6N4O3S. The maximum atomic E-state index is 13.5. The lowest BCUT2D eigenvalue weighted by Gasteiger charge is -2.34. The number of hydrogen-bond acceptors (Lipinski definition) is 4. The number of aromatic nitrogens is 2. The molecule has 2 fully saturated rings. The summed E-state index contributed by atoms with van der Waals surface area (Å²) in [6.07, 6.45) is -7.42. The van der Waals surface area contributed by atoms with E-state index in [1.807, 2.05) is 0 Å². The fourth-order valence-electron chi connectivity index (χ4n) is 4.77. The molecule has 1 saturated carbocycles. The van der Waals surface area contributed by atoms with E-state index in [1.165, 1.54) is 29.3 Å². The van der Waals surface area contributed by atoms with E-state index in [2.05, 4.69) is 10.2 Å². The third kappa shape index (κ3) is 5.53. The van der Waals surface area contributed by atoms with Crippen molar-refractivity contribution in [1.82, 2.24) is 19.4 Å². The zero-order chi connectivity index (χ0) is 28.2. The van der Waals surface area contributed by atoms with Crippen LogP contribution in [-0.4, -0.2) is 59.9 Å². The number of alkyl halides is 6. The van der Waals surface area contributed by atoms with E-state index in [4.69, 9.17) is 0 Å². The number of H-pyrrole nitrogens is 1. The second-order valence-electron chi connectivity index (χ2n) is 9.51. The molecule has 2 heterocycles. The molecule has 208 valence electrons. The first-order chi connectivity index (χ1) is 18.2. The van der Waals surface area contributed by atoms with Gasteiger partial charge in [0, 0.05) is 43.9 Å². The fourth-order valence-corrected chi connectivity index (χ4v) is 6.27. The maximum absolute atomic E-state index is 13.5. The number of nitrogens with zero attached hydrogens (tertiary/aromatic N) is 3. The predicted molar refractivity (Wildman–Crippen MR) is 127 cm³/mol. The zero-order valence-electron chi connectivity index (χ0n) is 20.1. The number of amides is 1. The molecule has 0 spiro atoms. The summed E-state index contributed by atoms with van der Waals surface area (Å²) < 4.78 is 107. The highest BCUT2D eigenvalue weighted by Crippen LogP contribution is 2.49. The van der Waals surface area contributed by atoms with E-state index in [0.717, 1.165) is 28.6 Å². The average molecular weight is 573 g/mol. The van der Waals surface area contributed by atoms with Gasteiger partial charge in [0.2, 0.25) is 15.9 Å². The van der Waals surface area contributed by atoms with E-state index in [9.17, 15) is 39.6 Å². The molecule has 1 N–H and O–H groups in total. The van der Waals surface area contributed by atoms with Crippen LogP contribution in [-0.2, 0) is 27.2 Å². The van der Waals surface area contributed by atoms with Gasteiger partial charge in [-0.2, -0.15) is 35.7 Å². The van der Waals surface area contributed by atoms with Crippen molar-refractivity contribution in [2.24, 2.45) is 5.92 Å². The molecule has 1 aliphatic carbocycles. The van der Waals surface area contributed by atoms with Crippen LogP contribution in [0.1, 0.15) is 29.0 Å². The van der Waals surface area contributed by atoms with Crippen molar-refractivity contribution in [3.63, 3.8) is 0 Å². The number of nitrogens with one attached hydrogen (secondary N) is 1. The van der Waals surface area contributed by atoms with Gasteiger partial charge in [-0.25, -0.2) is 8.42 Å². The van der Waals surface area contributed by atoms with Crippen LogP contribution in [0.2, 0.25) is 0 Å². The van der Waals surface area contributed by atoms with E-state index < -0.39 is 44.3 Å². The van der Waals surface area contributed by atoms with E-state index >= 15 is 0 Å². The molecule has 0 radical (unpaired) electrons. The van der Waals surface area contributed by atoms with Crippen molar-refractivity contribution in [3.8, 4) is 11.3 Å². The normalized spacial score (nSPS) is 20.7. The van der Waals surface area contributed by atoms with Crippen LogP contribution in [0.4, 0.5) is 26.3 Å². The van der Waals surface area contributed by atoms with Gasteiger partial charge in [0.25, 0.3) is 0 Å². The molecule has 14 heteroatoms. The van der Waals surface area contributed by atoms with Crippen LogP contribution in [0, 0.1) is 5.92 Å². The summed E-state index contributed by atoms with van der Waals surface area (Å²) in [5, 5.41) is 6.24. The maximum Gasteiger partial charge on any atom is 0.416 e. The van der Waals surface area contributed by atoms with Crippen LogP contribution in [0.25, 0.3) is 11.3 Å². The summed E-state index contributed by atoms with van der Waals surface area (Å²) in [6.45, 7) is -0.135. The molecule has 7 nitrogen and oxygen atoms in total. The highest BCUT2D eigenvalue weighted by molar-refractivity contribution is 7.89. The SMILES string of the molecule is O=C([C@@H]1C[C@H]1c1ccc(C(F)(F)F)cc1)N1CCN(S(=O)(=O)c2cc(-c3ccn[nH]3)cc(C(F)(F)F)c2)CC1. The molecule has 1 aliphatic heterocycles. The number of rotatable bonds is 5.